The Morgan fingerprint density at radius 3 is 1.58 bits per heavy atom. The molecular formula is C29H17F9O4S3. The van der Waals surface area contributed by atoms with Crippen LogP contribution in [0.1, 0.15) is 0 Å². The van der Waals surface area contributed by atoms with Crippen LogP contribution in [0, 0.1) is 0 Å². The molecule has 0 unspecified atom stereocenters. The molecule has 0 saturated carbocycles. The molecule has 16 heteroatoms. The van der Waals surface area contributed by atoms with Crippen molar-refractivity contribution in [1.29, 1.82) is 0 Å². The summed E-state index contributed by atoms with van der Waals surface area (Å²) in [5.74, 6) is -15.0. The fourth-order valence-electron chi connectivity index (χ4n) is 4.41. The Morgan fingerprint density at radius 2 is 1.04 bits per heavy atom. The second kappa shape index (κ2) is 11.0. The molecule has 4 aromatic carbocycles. The topological polar surface area (TPSA) is 60.4 Å². The minimum Gasteiger partial charge on any atom is -0.289 e. The summed E-state index contributed by atoms with van der Waals surface area (Å²) < 4.78 is 157. The number of alkyl halides is 9. The SMILES string of the molecule is O=c1c2ccccc2sc2ccc(S(OS(=O)(=O)C(F)(F)C(F)(F)C(F)(F)C(F)(F)F)(c3ccccc3)c3ccccc3)cc12. The smallest absolute Gasteiger partial charge is 0.289 e. The van der Waals surface area contributed by atoms with Crippen molar-refractivity contribution in [2.24, 2.45) is 0 Å². The van der Waals surface area contributed by atoms with Crippen molar-refractivity contribution in [3.05, 3.63) is 113 Å². The Kier molecular flexibility index (Phi) is 8.04. The number of hydrogen-bond donors (Lipinski definition) is 0. The molecule has 5 rings (SSSR count). The molecule has 1 aromatic heterocycles. The lowest BCUT2D eigenvalue weighted by Gasteiger charge is -2.41. The van der Waals surface area contributed by atoms with Crippen LogP contribution in [0.3, 0.4) is 0 Å². The van der Waals surface area contributed by atoms with E-state index in [9.17, 15) is 43.9 Å². The van der Waals surface area contributed by atoms with Gasteiger partial charge in [-0.15, -0.1) is 11.3 Å². The Bertz CT molecular complexity index is 2010. The van der Waals surface area contributed by atoms with Gasteiger partial charge < -0.3 is 0 Å². The van der Waals surface area contributed by atoms with Gasteiger partial charge in [0, 0.05) is 34.9 Å². The standard InChI is InChI=1S/C29H17F9O4S3/c30-26(31,28(34,35)36)27(32,33)29(37,38)45(40,41)42-44(18-9-3-1-4-10-18,19-11-5-2-6-12-19)20-15-16-24-22(17-20)25(39)21-13-7-8-14-23(21)43-24/h1-17H. The van der Waals surface area contributed by atoms with Crippen LogP contribution >= 0.6 is 21.6 Å². The van der Waals surface area contributed by atoms with Crippen molar-refractivity contribution in [3.8, 4) is 0 Å². The number of benzene rings is 4. The zero-order chi connectivity index (χ0) is 33.1. The molecule has 238 valence electrons. The van der Waals surface area contributed by atoms with Gasteiger partial charge in [0.25, 0.3) is 0 Å². The summed E-state index contributed by atoms with van der Waals surface area (Å²) in [6.07, 6.45) is -7.26. The summed E-state index contributed by atoms with van der Waals surface area (Å²) in [5.41, 5.74) is -0.569. The lowest BCUT2D eigenvalue weighted by atomic mass is 10.1. The van der Waals surface area contributed by atoms with E-state index in [4.69, 9.17) is 3.63 Å². The third-order valence-corrected chi connectivity index (χ3v) is 13.0. The molecule has 1 heterocycles. The van der Waals surface area contributed by atoms with E-state index in [2.05, 4.69) is 0 Å². The largest absolute Gasteiger partial charge is 0.460 e. The highest BCUT2D eigenvalue weighted by atomic mass is 32.3. The summed E-state index contributed by atoms with van der Waals surface area (Å²) in [4.78, 5) is 12.6. The average molecular weight is 697 g/mol. The fourth-order valence-corrected chi connectivity index (χ4v) is 10.7. The Hall–Kier alpha value is -3.60. The van der Waals surface area contributed by atoms with Gasteiger partial charge >= 0.3 is 33.4 Å². The molecule has 0 spiro atoms. The van der Waals surface area contributed by atoms with Gasteiger partial charge in [0.15, 0.2) is 5.43 Å². The zero-order valence-corrected chi connectivity index (χ0v) is 24.5. The highest BCUT2D eigenvalue weighted by Crippen LogP contribution is 2.71. The maximum Gasteiger partial charge on any atom is 0.460 e. The molecule has 0 amide bonds. The van der Waals surface area contributed by atoms with Crippen molar-refractivity contribution in [2.45, 2.75) is 38.0 Å². The van der Waals surface area contributed by atoms with E-state index in [1.807, 2.05) is 0 Å². The molecule has 0 atom stereocenters. The monoisotopic (exact) mass is 696 g/mol. The van der Waals surface area contributed by atoms with Crippen LogP contribution in [-0.2, 0) is 13.7 Å². The highest BCUT2D eigenvalue weighted by molar-refractivity contribution is 8.33. The quantitative estimate of drug-likeness (QED) is 0.120. The van der Waals surface area contributed by atoms with Crippen molar-refractivity contribution in [1.82, 2.24) is 0 Å². The zero-order valence-electron chi connectivity index (χ0n) is 22.1. The minimum atomic E-state index is -7.51. The number of hydrogen-bond acceptors (Lipinski definition) is 5. The van der Waals surface area contributed by atoms with Crippen LogP contribution in [0.4, 0.5) is 39.5 Å². The van der Waals surface area contributed by atoms with Gasteiger partial charge in [-0.2, -0.15) is 47.9 Å². The predicted molar refractivity (Wildman–Crippen MR) is 152 cm³/mol. The molecule has 5 aromatic rings. The Balaban J connectivity index is 1.84. The maximum atomic E-state index is 15.1. The molecule has 4 nitrogen and oxygen atoms in total. The molecule has 0 aliphatic heterocycles. The fraction of sp³-hybridized carbons (Fsp3) is 0.138. The van der Waals surface area contributed by atoms with Crippen molar-refractivity contribution >= 4 is 51.9 Å². The third-order valence-electron chi connectivity index (χ3n) is 6.65. The highest BCUT2D eigenvalue weighted by Gasteiger charge is 2.86. The first-order valence-corrected chi connectivity index (χ1v) is 16.2. The van der Waals surface area contributed by atoms with E-state index in [-0.39, 0.29) is 25.5 Å². The van der Waals surface area contributed by atoms with Crippen molar-refractivity contribution < 1.29 is 51.6 Å². The second-order valence-corrected chi connectivity index (χ2v) is 15.0. The normalized spacial score (nSPS) is 14.2. The van der Waals surface area contributed by atoms with Crippen LogP contribution in [0.2, 0.25) is 0 Å². The van der Waals surface area contributed by atoms with Crippen LogP contribution in [0.25, 0.3) is 20.2 Å². The van der Waals surface area contributed by atoms with Gasteiger partial charge in [-0.05, 0) is 64.9 Å². The maximum absolute atomic E-state index is 15.1. The van der Waals surface area contributed by atoms with E-state index >= 15 is 8.78 Å². The first-order valence-electron chi connectivity index (χ1n) is 12.4. The Morgan fingerprint density at radius 1 is 0.556 bits per heavy atom. The van der Waals surface area contributed by atoms with E-state index in [0.29, 0.717) is 9.40 Å². The Labute approximate surface area is 254 Å². The predicted octanol–water partition coefficient (Wildman–Crippen LogP) is 9.38. The molecule has 0 aliphatic carbocycles. The van der Waals surface area contributed by atoms with E-state index in [1.54, 1.807) is 18.2 Å². The molecule has 0 N–H and O–H groups in total. The first kappa shape index (κ1) is 32.8. The van der Waals surface area contributed by atoms with Crippen LogP contribution in [0.15, 0.2) is 123 Å². The summed E-state index contributed by atoms with van der Waals surface area (Å²) in [6, 6.07) is 22.8. The second-order valence-electron chi connectivity index (χ2n) is 9.45. The van der Waals surface area contributed by atoms with Gasteiger partial charge in [0.05, 0.1) is 0 Å². The molecule has 0 bridgehead atoms. The number of halogens is 9. The molecule has 0 radical (unpaired) electrons. The van der Waals surface area contributed by atoms with Gasteiger partial charge in [-0.3, -0.25) is 4.79 Å². The first-order chi connectivity index (χ1) is 20.9. The van der Waals surface area contributed by atoms with Crippen molar-refractivity contribution in [2.75, 3.05) is 0 Å². The van der Waals surface area contributed by atoms with Crippen LogP contribution < -0.4 is 5.43 Å². The molecular weight excluding hydrogens is 679 g/mol. The minimum absolute atomic E-state index is 0.0540. The molecule has 0 aliphatic rings. The molecule has 45 heavy (non-hydrogen) atoms. The van der Waals surface area contributed by atoms with Gasteiger partial charge in [0.1, 0.15) is 0 Å². The van der Waals surface area contributed by atoms with Gasteiger partial charge in [-0.25, -0.2) is 3.63 Å². The van der Waals surface area contributed by atoms with E-state index < -0.39 is 49.1 Å². The number of rotatable bonds is 8. The lowest BCUT2D eigenvalue weighted by molar-refractivity contribution is -0.382. The van der Waals surface area contributed by atoms with E-state index in [0.717, 1.165) is 17.4 Å². The van der Waals surface area contributed by atoms with Crippen molar-refractivity contribution in [3.63, 3.8) is 0 Å². The van der Waals surface area contributed by atoms with E-state index in [1.165, 1.54) is 78.9 Å². The summed E-state index contributed by atoms with van der Waals surface area (Å²) >= 11 is 1.14. The van der Waals surface area contributed by atoms with Gasteiger partial charge in [-0.1, -0.05) is 48.5 Å². The van der Waals surface area contributed by atoms with Gasteiger partial charge in [0.2, 0.25) is 0 Å². The lowest BCUT2D eigenvalue weighted by Crippen LogP contribution is -2.63. The van der Waals surface area contributed by atoms with Crippen LogP contribution in [0.5, 0.6) is 0 Å². The van der Waals surface area contributed by atoms with Crippen LogP contribution in [-0.4, -0.2) is 31.7 Å². The summed E-state index contributed by atoms with van der Waals surface area (Å²) in [5, 5.41) is -6.93. The third kappa shape index (κ3) is 5.07. The average Bonchev–Trinajstić information content (AvgIpc) is 3.00. The summed E-state index contributed by atoms with van der Waals surface area (Å²) in [6.45, 7) is 0. The molecule has 0 fully saturated rings. The summed E-state index contributed by atoms with van der Waals surface area (Å²) in [7, 11) is -11.6. The molecule has 0 saturated heterocycles. The number of fused-ring (bicyclic) bond motifs is 2.